The van der Waals surface area contributed by atoms with Crippen LogP contribution in [-0.4, -0.2) is 24.5 Å². The number of rotatable bonds is 3. The summed E-state index contributed by atoms with van der Waals surface area (Å²) in [6.45, 7) is 8.26. The van der Waals surface area contributed by atoms with Crippen molar-refractivity contribution in [3.8, 4) is 6.07 Å². The monoisotopic (exact) mass is 180 g/mol. The largest absolute Gasteiger partial charge is 0.303 e. The average molecular weight is 180 g/mol. The molecule has 1 fully saturated rings. The second-order valence-corrected chi connectivity index (χ2v) is 4.31. The highest BCUT2D eigenvalue weighted by Crippen LogP contribution is 2.22. The summed E-state index contributed by atoms with van der Waals surface area (Å²) in [5.41, 5.74) is 0. The molecule has 74 valence electrons. The number of hydrogen-bond donors (Lipinski definition) is 0. The zero-order valence-electron chi connectivity index (χ0n) is 8.79. The maximum Gasteiger partial charge on any atom is 0.0622 e. The normalized spacial score (nSPS) is 29.9. The van der Waals surface area contributed by atoms with Crippen LogP contribution in [0.3, 0.4) is 0 Å². The molecule has 0 spiro atoms. The Morgan fingerprint density at radius 3 is 2.77 bits per heavy atom. The molecule has 0 amide bonds. The number of nitrogens with zero attached hydrogens (tertiary/aromatic N) is 2. The Morgan fingerprint density at radius 1 is 1.38 bits per heavy atom. The first-order valence-corrected chi connectivity index (χ1v) is 5.33. The molecule has 1 heterocycles. The van der Waals surface area contributed by atoms with E-state index < -0.39 is 0 Å². The van der Waals surface area contributed by atoms with Crippen LogP contribution in [0.4, 0.5) is 0 Å². The van der Waals surface area contributed by atoms with E-state index in [4.69, 9.17) is 5.26 Å². The molecule has 13 heavy (non-hydrogen) atoms. The first-order chi connectivity index (χ1) is 6.24. The van der Waals surface area contributed by atoms with Gasteiger partial charge in [0, 0.05) is 13.0 Å². The summed E-state index contributed by atoms with van der Waals surface area (Å²) in [5.74, 6) is 1.71. The Balaban J connectivity index is 2.18. The molecule has 2 heteroatoms. The minimum atomic E-state index is 0.709. The average Bonchev–Trinajstić information content (AvgIpc) is 2.12. The van der Waals surface area contributed by atoms with E-state index in [2.05, 4.69) is 24.8 Å². The molecule has 0 aromatic rings. The van der Waals surface area contributed by atoms with E-state index in [0.29, 0.717) is 6.42 Å². The minimum Gasteiger partial charge on any atom is -0.303 e. The van der Waals surface area contributed by atoms with Gasteiger partial charge in [0.25, 0.3) is 0 Å². The van der Waals surface area contributed by atoms with Crippen molar-refractivity contribution >= 4 is 0 Å². The molecule has 1 aliphatic rings. The molecule has 0 radical (unpaired) electrons. The molecule has 0 aromatic heterocycles. The second-order valence-electron chi connectivity index (χ2n) is 4.31. The molecule has 0 bridgehead atoms. The third kappa shape index (κ3) is 3.36. The summed E-state index contributed by atoms with van der Waals surface area (Å²) in [6.07, 6.45) is 3.08. The number of nitriles is 1. The van der Waals surface area contributed by atoms with Crippen molar-refractivity contribution in [2.75, 3.05) is 19.6 Å². The van der Waals surface area contributed by atoms with Gasteiger partial charge in [-0.1, -0.05) is 13.8 Å². The molecular formula is C11H20N2. The lowest BCUT2D eigenvalue weighted by Crippen LogP contribution is -2.38. The summed E-state index contributed by atoms with van der Waals surface area (Å²) >= 11 is 0. The van der Waals surface area contributed by atoms with Crippen LogP contribution in [0.1, 0.15) is 33.1 Å². The van der Waals surface area contributed by atoms with Gasteiger partial charge in [0.15, 0.2) is 0 Å². The quantitative estimate of drug-likeness (QED) is 0.623. The van der Waals surface area contributed by atoms with Gasteiger partial charge in [-0.25, -0.2) is 0 Å². The van der Waals surface area contributed by atoms with E-state index in [1.165, 1.54) is 19.5 Å². The van der Waals surface area contributed by atoms with Gasteiger partial charge in [0.1, 0.15) is 0 Å². The van der Waals surface area contributed by atoms with Crippen molar-refractivity contribution in [3.63, 3.8) is 0 Å². The summed E-state index contributed by atoms with van der Waals surface area (Å²) in [6, 6.07) is 2.20. The van der Waals surface area contributed by atoms with E-state index in [1.54, 1.807) is 0 Å². The van der Waals surface area contributed by atoms with Gasteiger partial charge >= 0.3 is 0 Å². The summed E-state index contributed by atoms with van der Waals surface area (Å²) < 4.78 is 0. The minimum absolute atomic E-state index is 0.709. The molecule has 0 N–H and O–H groups in total. The number of likely N-dealkylation sites (tertiary alicyclic amines) is 1. The van der Waals surface area contributed by atoms with Crippen LogP contribution in [0.25, 0.3) is 0 Å². The van der Waals surface area contributed by atoms with Crippen LogP contribution in [0.2, 0.25) is 0 Å². The van der Waals surface area contributed by atoms with Gasteiger partial charge in [0.2, 0.25) is 0 Å². The SMILES string of the molecule is CC1CCN(CCCC#N)CC1C. The molecule has 2 unspecified atom stereocenters. The van der Waals surface area contributed by atoms with Crippen molar-refractivity contribution in [2.45, 2.75) is 33.1 Å². The smallest absolute Gasteiger partial charge is 0.0622 e. The summed E-state index contributed by atoms with van der Waals surface area (Å²) in [4.78, 5) is 2.50. The van der Waals surface area contributed by atoms with Crippen molar-refractivity contribution in [2.24, 2.45) is 11.8 Å². The van der Waals surface area contributed by atoms with E-state index in [1.807, 2.05) is 0 Å². The number of hydrogen-bond acceptors (Lipinski definition) is 2. The Kier molecular flexibility index (Phi) is 4.24. The zero-order chi connectivity index (χ0) is 9.68. The third-order valence-electron chi connectivity index (χ3n) is 3.18. The fourth-order valence-electron chi connectivity index (χ4n) is 1.93. The molecule has 0 saturated carbocycles. The van der Waals surface area contributed by atoms with Crippen molar-refractivity contribution in [1.29, 1.82) is 5.26 Å². The van der Waals surface area contributed by atoms with Crippen LogP contribution in [-0.2, 0) is 0 Å². The van der Waals surface area contributed by atoms with Gasteiger partial charge in [-0.2, -0.15) is 5.26 Å². The molecule has 2 nitrogen and oxygen atoms in total. The lowest BCUT2D eigenvalue weighted by Gasteiger charge is -2.35. The highest BCUT2D eigenvalue weighted by molar-refractivity contribution is 4.76. The standard InChI is InChI=1S/C11H20N2/c1-10-5-8-13(9-11(10)2)7-4-3-6-12/h10-11H,3-5,7-9H2,1-2H3. The second kappa shape index (κ2) is 5.24. The van der Waals surface area contributed by atoms with Gasteiger partial charge in [0.05, 0.1) is 6.07 Å². The first-order valence-electron chi connectivity index (χ1n) is 5.33. The van der Waals surface area contributed by atoms with Gasteiger partial charge < -0.3 is 4.90 Å². The molecule has 1 rings (SSSR count). The fraction of sp³-hybridized carbons (Fsp3) is 0.909. The molecule has 2 atom stereocenters. The molecule has 1 saturated heterocycles. The number of piperidine rings is 1. The molecular weight excluding hydrogens is 160 g/mol. The maximum absolute atomic E-state index is 8.42. The zero-order valence-corrected chi connectivity index (χ0v) is 8.79. The fourth-order valence-corrected chi connectivity index (χ4v) is 1.93. The predicted molar refractivity (Wildman–Crippen MR) is 54.2 cm³/mol. The van der Waals surface area contributed by atoms with Gasteiger partial charge in [-0.3, -0.25) is 0 Å². The topological polar surface area (TPSA) is 27.0 Å². The summed E-state index contributed by atoms with van der Waals surface area (Å²) in [5, 5.41) is 8.42. The van der Waals surface area contributed by atoms with Crippen LogP contribution in [0.15, 0.2) is 0 Å². The molecule has 1 aliphatic heterocycles. The van der Waals surface area contributed by atoms with E-state index >= 15 is 0 Å². The Labute approximate surface area is 81.5 Å². The van der Waals surface area contributed by atoms with E-state index in [-0.39, 0.29) is 0 Å². The molecule has 0 aromatic carbocycles. The van der Waals surface area contributed by atoms with Crippen LogP contribution in [0.5, 0.6) is 0 Å². The van der Waals surface area contributed by atoms with Crippen molar-refractivity contribution in [3.05, 3.63) is 0 Å². The molecule has 0 aliphatic carbocycles. The van der Waals surface area contributed by atoms with Gasteiger partial charge in [-0.05, 0) is 37.8 Å². The van der Waals surface area contributed by atoms with Crippen molar-refractivity contribution < 1.29 is 0 Å². The summed E-state index contributed by atoms with van der Waals surface area (Å²) in [7, 11) is 0. The lowest BCUT2D eigenvalue weighted by atomic mass is 9.88. The lowest BCUT2D eigenvalue weighted by molar-refractivity contribution is 0.138. The number of unbranched alkanes of at least 4 members (excludes halogenated alkanes) is 1. The Hall–Kier alpha value is -0.550. The van der Waals surface area contributed by atoms with Crippen LogP contribution in [0, 0.1) is 23.2 Å². The van der Waals surface area contributed by atoms with E-state index in [9.17, 15) is 0 Å². The maximum atomic E-state index is 8.42. The van der Waals surface area contributed by atoms with Crippen LogP contribution >= 0.6 is 0 Å². The third-order valence-corrected chi connectivity index (χ3v) is 3.18. The predicted octanol–water partition coefficient (Wildman–Crippen LogP) is 2.27. The van der Waals surface area contributed by atoms with Crippen LogP contribution < -0.4 is 0 Å². The van der Waals surface area contributed by atoms with Crippen molar-refractivity contribution in [1.82, 2.24) is 4.90 Å². The Morgan fingerprint density at radius 2 is 2.15 bits per heavy atom. The highest BCUT2D eigenvalue weighted by atomic mass is 15.1. The highest BCUT2D eigenvalue weighted by Gasteiger charge is 2.21. The van der Waals surface area contributed by atoms with Gasteiger partial charge in [-0.15, -0.1) is 0 Å². The first kappa shape index (κ1) is 10.5. The Bertz CT molecular complexity index is 183. The van der Waals surface area contributed by atoms with E-state index in [0.717, 1.165) is 24.8 Å².